The summed E-state index contributed by atoms with van der Waals surface area (Å²) < 4.78 is 0. The highest BCUT2D eigenvalue weighted by molar-refractivity contribution is 7.12. The van der Waals surface area contributed by atoms with Crippen LogP contribution in [-0.2, 0) is 19.5 Å². The Kier molecular flexibility index (Phi) is 4.08. The topological polar surface area (TPSA) is 54.8 Å². The molecule has 4 heterocycles. The molecule has 0 aliphatic carbocycles. The second-order valence-corrected chi connectivity index (χ2v) is 7.55. The van der Waals surface area contributed by atoms with E-state index in [0.29, 0.717) is 5.82 Å². The van der Waals surface area contributed by atoms with Crippen molar-refractivity contribution < 1.29 is 0 Å². The fraction of sp³-hybridized carbons (Fsp3) is 0.333. The predicted molar refractivity (Wildman–Crippen MR) is 94.7 cm³/mol. The Morgan fingerprint density at radius 3 is 2.75 bits per heavy atom. The maximum atomic E-state index is 4.77. The van der Waals surface area contributed by atoms with Crippen LogP contribution in [0.5, 0.6) is 0 Å². The summed E-state index contributed by atoms with van der Waals surface area (Å²) in [7, 11) is 0. The van der Waals surface area contributed by atoms with Gasteiger partial charge in [0, 0.05) is 48.0 Å². The third-order valence-electron chi connectivity index (χ3n) is 4.44. The van der Waals surface area contributed by atoms with Crippen molar-refractivity contribution in [2.24, 2.45) is 0 Å². The molecule has 1 aliphatic heterocycles. The number of thiophene rings is 1. The van der Waals surface area contributed by atoms with Crippen molar-refractivity contribution in [2.45, 2.75) is 33.4 Å². The van der Waals surface area contributed by atoms with E-state index in [2.05, 4.69) is 39.8 Å². The van der Waals surface area contributed by atoms with Crippen molar-refractivity contribution in [3.63, 3.8) is 0 Å². The summed E-state index contributed by atoms with van der Waals surface area (Å²) in [4.78, 5) is 22.7. The van der Waals surface area contributed by atoms with E-state index in [1.54, 1.807) is 12.4 Å². The Labute approximate surface area is 145 Å². The first kappa shape index (κ1) is 15.4. The summed E-state index contributed by atoms with van der Waals surface area (Å²) in [5, 5.41) is 0. The van der Waals surface area contributed by atoms with Crippen molar-refractivity contribution in [2.75, 3.05) is 6.54 Å². The Bertz CT molecular complexity index is 840. The van der Waals surface area contributed by atoms with Gasteiger partial charge < -0.3 is 0 Å². The van der Waals surface area contributed by atoms with Crippen LogP contribution in [-0.4, -0.2) is 31.4 Å². The largest absolute Gasteiger partial charge is 0.292 e. The minimum absolute atomic E-state index is 0.707. The Balaban J connectivity index is 1.55. The van der Waals surface area contributed by atoms with E-state index >= 15 is 0 Å². The molecule has 0 saturated carbocycles. The zero-order valence-corrected chi connectivity index (χ0v) is 14.7. The highest BCUT2D eigenvalue weighted by Crippen LogP contribution is 2.25. The summed E-state index contributed by atoms with van der Waals surface area (Å²) in [5.41, 5.74) is 4.63. The number of hydrogen-bond acceptors (Lipinski definition) is 6. The molecule has 5 nitrogen and oxygen atoms in total. The van der Waals surface area contributed by atoms with E-state index in [1.807, 2.05) is 17.5 Å². The van der Waals surface area contributed by atoms with E-state index < -0.39 is 0 Å². The first-order valence-corrected chi connectivity index (χ1v) is 8.89. The van der Waals surface area contributed by atoms with Crippen LogP contribution < -0.4 is 0 Å². The van der Waals surface area contributed by atoms with E-state index in [4.69, 9.17) is 4.98 Å². The second kappa shape index (κ2) is 6.37. The van der Waals surface area contributed by atoms with Crippen molar-refractivity contribution in [3.8, 4) is 11.4 Å². The highest BCUT2D eigenvalue weighted by atomic mass is 32.1. The van der Waals surface area contributed by atoms with Crippen LogP contribution in [0.1, 0.15) is 26.6 Å². The van der Waals surface area contributed by atoms with Gasteiger partial charge in [0.25, 0.3) is 0 Å². The molecule has 0 amide bonds. The Morgan fingerprint density at radius 1 is 1.17 bits per heavy atom. The van der Waals surface area contributed by atoms with Crippen LogP contribution in [0.3, 0.4) is 0 Å². The molecule has 6 heteroatoms. The monoisotopic (exact) mass is 337 g/mol. The lowest BCUT2D eigenvalue weighted by Crippen LogP contribution is -2.30. The van der Waals surface area contributed by atoms with Gasteiger partial charge in [-0.25, -0.2) is 19.9 Å². The third kappa shape index (κ3) is 3.07. The van der Waals surface area contributed by atoms with Gasteiger partial charge in [0.05, 0.1) is 11.3 Å². The third-order valence-corrected chi connectivity index (χ3v) is 5.58. The van der Waals surface area contributed by atoms with Crippen LogP contribution in [0.25, 0.3) is 11.4 Å². The molecule has 0 N–H and O–H groups in total. The number of fused-ring (bicyclic) bond motifs is 1. The van der Waals surface area contributed by atoms with Crippen LogP contribution in [0, 0.1) is 13.8 Å². The van der Waals surface area contributed by atoms with Gasteiger partial charge >= 0.3 is 0 Å². The first-order chi connectivity index (χ1) is 11.7. The average Bonchev–Trinajstić information content (AvgIpc) is 2.92. The molecule has 3 aromatic heterocycles. The van der Waals surface area contributed by atoms with Crippen molar-refractivity contribution >= 4 is 11.3 Å². The van der Waals surface area contributed by atoms with E-state index in [9.17, 15) is 0 Å². The van der Waals surface area contributed by atoms with Crippen LogP contribution in [0.15, 0.2) is 31.0 Å². The number of nitrogens with zero attached hydrogens (tertiary/aromatic N) is 5. The number of aryl methyl sites for hydroxylation is 2. The maximum absolute atomic E-state index is 4.77. The van der Waals surface area contributed by atoms with Gasteiger partial charge in [-0.2, -0.15) is 0 Å². The second-order valence-electron chi connectivity index (χ2n) is 6.21. The Hall–Kier alpha value is -2.18. The molecule has 3 aromatic rings. The number of hydrogen-bond donors (Lipinski definition) is 0. The zero-order valence-electron chi connectivity index (χ0n) is 13.9. The molecule has 122 valence electrons. The first-order valence-electron chi connectivity index (χ1n) is 8.07. The van der Waals surface area contributed by atoms with Crippen molar-refractivity contribution in [1.82, 2.24) is 24.8 Å². The average molecular weight is 337 g/mol. The number of rotatable bonds is 3. The molecular formula is C18H19N5S. The van der Waals surface area contributed by atoms with Gasteiger partial charge in [-0.1, -0.05) is 0 Å². The normalized spacial score (nSPS) is 14.6. The summed E-state index contributed by atoms with van der Waals surface area (Å²) >= 11 is 1.90. The number of aromatic nitrogens is 4. The Morgan fingerprint density at radius 2 is 2.00 bits per heavy atom. The fourth-order valence-corrected chi connectivity index (χ4v) is 4.09. The lowest BCUT2D eigenvalue weighted by atomic mass is 10.1. The smallest absolute Gasteiger partial charge is 0.162 e. The molecule has 1 aliphatic rings. The zero-order chi connectivity index (χ0) is 16.5. The summed E-state index contributed by atoms with van der Waals surface area (Å²) in [6.07, 6.45) is 8.00. The van der Waals surface area contributed by atoms with Gasteiger partial charge in [-0.15, -0.1) is 11.3 Å². The minimum atomic E-state index is 0.707. The SMILES string of the molecule is Cc1cc(CN2CCc3cnc(-c4cncnc4)nc3C2)sc1C. The molecule has 0 fully saturated rings. The van der Waals surface area contributed by atoms with Crippen LogP contribution in [0.4, 0.5) is 0 Å². The minimum Gasteiger partial charge on any atom is -0.292 e. The van der Waals surface area contributed by atoms with Gasteiger partial charge in [0.15, 0.2) is 5.82 Å². The lowest BCUT2D eigenvalue weighted by molar-refractivity contribution is 0.243. The van der Waals surface area contributed by atoms with Gasteiger partial charge in [-0.05, 0) is 37.5 Å². The van der Waals surface area contributed by atoms with Gasteiger partial charge in [-0.3, -0.25) is 4.90 Å². The molecule has 4 rings (SSSR count). The molecule has 0 radical (unpaired) electrons. The molecule has 0 saturated heterocycles. The van der Waals surface area contributed by atoms with Gasteiger partial charge in [0.1, 0.15) is 6.33 Å². The van der Waals surface area contributed by atoms with E-state index in [-0.39, 0.29) is 0 Å². The maximum Gasteiger partial charge on any atom is 0.162 e. The van der Waals surface area contributed by atoms with Crippen LogP contribution >= 0.6 is 11.3 Å². The molecular weight excluding hydrogens is 318 g/mol. The lowest BCUT2D eigenvalue weighted by Gasteiger charge is -2.27. The predicted octanol–water partition coefficient (Wildman–Crippen LogP) is 3.17. The summed E-state index contributed by atoms with van der Waals surface area (Å²) in [6.45, 7) is 7.29. The quantitative estimate of drug-likeness (QED) is 0.735. The van der Waals surface area contributed by atoms with E-state index in [1.165, 1.54) is 27.2 Å². The fourth-order valence-electron chi connectivity index (χ4n) is 2.99. The van der Waals surface area contributed by atoms with E-state index in [0.717, 1.165) is 37.3 Å². The molecule has 0 unspecified atom stereocenters. The molecule has 0 atom stereocenters. The highest BCUT2D eigenvalue weighted by Gasteiger charge is 2.19. The van der Waals surface area contributed by atoms with Crippen LogP contribution in [0.2, 0.25) is 0 Å². The summed E-state index contributed by atoms with van der Waals surface area (Å²) in [5.74, 6) is 0.707. The summed E-state index contributed by atoms with van der Waals surface area (Å²) in [6, 6.07) is 2.31. The molecule has 0 bridgehead atoms. The molecule has 0 aromatic carbocycles. The standard InChI is InChI=1S/C18H19N5S/c1-12-5-16(24-13(12)2)9-23-4-3-14-8-21-18(22-17(14)10-23)15-6-19-11-20-7-15/h5-8,11H,3-4,9-10H2,1-2H3. The van der Waals surface area contributed by atoms with Gasteiger partial charge in [0.2, 0.25) is 0 Å². The van der Waals surface area contributed by atoms with Crippen molar-refractivity contribution in [3.05, 3.63) is 57.6 Å². The molecule has 0 spiro atoms. The van der Waals surface area contributed by atoms with Crippen molar-refractivity contribution in [1.29, 1.82) is 0 Å². The molecule has 24 heavy (non-hydrogen) atoms.